The Bertz CT molecular complexity index is 922. The first-order valence-corrected chi connectivity index (χ1v) is 13.0. The molecular weight excluding hydrogens is 487 g/mol. The number of hydrogen-bond donors (Lipinski definition) is 2. The van der Waals surface area contributed by atoms with Gasteiger partial charge in [0.1, 0.15) is 0 Å². The number of halogens is 3. The predicted molar refractivity (Wildman–Crippen MR) is 135 cm³/mol. The second kappa shape index (κ2) is 13.8. The van der Waals surface area contributed by atoms with E-state index in [1.807, 2.05) is 6.92 Å². The van der Waals surface area contributed by atoms with E-state index in [0.29, 0.717) is 31.5 Å². The molecule has 1 saturated carbocycles. The fourth-order valence-electron chi connectivity index (χ4n) is 4.89. The van der Waals surface area contributed by atoms with Crippen LogP contribution < -0.4 is 10.6 Å². The van der Waals surface area contributed by atoms with Gasteiger partial charge in [-0.3, -0.25) is 14.4 Å². The third-order valence-electron chi connectivity index (χ3n) is 7.25. The maximum Gasteiger partial charge on any atom is 0.416 e. The van der Waals surface area contributed by atoms with E-state index in [0.717, 1.165) is 37.5 Å². The minimum Gasteiger partial charge on any atom is -0.466 e. The van der Waals surface area contributed by atoms with Gasteiger partial charge in [-0.25, -0.2) is 0 Å². The van der Waals surface area contributed by atoms with Crippen molar-refractivity contribution in [2.45, 2.75) is 84.1 Å². The summed E-state index contributed by atoms with van der Waals surface area (Å²) < 4.78 is 44.1. The van der Waals surface area contributed by atoms with E-state index in [-0.39, 0.29) is 36.0 Å². The molecule has 37 heavy (non-hydrogen) atoms. The van der Waals surface area contributed by atoms with Gasteiger partial charge < -0.3 is 20.3 Å². The Morgan fingerprint density at radius 3 is 2.46 bits per heavy atom. The molecule has 2 amide bonds. The highest BCUT2D eigenvalue weighted by Crippen LogP contribution is 2.34. The Kier molecular flexibility index (Phi) is 11.4. The number of carbonyl (C=O) groups is 3. The fourth-order valence-corrected chi connectivity index (χ4v) is 4.89. The van der Waals surface area contributed by atoms with Gasteiger partial charge >= 0.3 is 12.1 Å². The third kappa shape index (κ3) is 9.02. The molecule has 1 aliphatic carbocycles. The number of hydrogen-bond acceptors (Lipinski definition) is 5. The number of nitrogens with one attached hydrogen (secondary N) is 2. The van der Waals surface area contributed by atoms with Crippen LogP contribution in [0.1, 0.15) is 75.7 Å². The van der Waals surface area contributed by atoms with Crippen LogP contribution in [-0.2, 0) is 20.5 Å². The molecule has 0 bridgehead atoms. The van der Waals surface area contributed by atoms with Crippen molar-refractivity contribution in [1.82, 2.24) is 15.5 Å². The Morgan fingerprint density at radius 1 is 1.16 bits per heavy atom. The smallest absolute Gasteiger partial charge is 0.416 e. The van der Waals surface area contributed by atoms with Gasteiger partial charge in [-0.15, -0.1) is 0 Å². The van der Waals surface area contributed by atoms with E-state index in [4.69, 9.17) is 4.74 Å². The van der Waals surface area contributed by atoms with Crippen LogP contribution in [0.2, 0.25) is 0 Å². The van der Waals surface area contributed by atoms with Crippen molar-refractivity contribution >= 4 is 17.8 Å². The number of amides is 2. The molecule has 2 rings (SSSR count). The number of nitrogens with zero attached hydrogens (tertiary/aromatic N) is 1. The number of benzene rings is 1. The molecule has 1 aromatic carbocycles. The van der Waals surface area contributed by atoms with Crippen molar-refractivity contribution in [3.8, 4) is 0 Å². The van der Waals surface area contributed by atoms with Crippen LogP contribution >= 0.6 is 0 Å². The van der Waals surface area contributed by atoms with Crippen LogP contribution in [0.5, 0.6) is 0 Å². The van der Waals surface area contributed by atoms with Crippen LogP contribution in [0.4, 0.5) is 13.2 Å². The van der Waals surface area contributed by atoms with Crippen molar-refractivity contribution in [3.63, 3.8) is 0 Å². The maximum absolute atomic E-state index is 12.9. The molecule has 0 aromatic heterocycles. The van der Waals surface area contributed by atoms with Gasteiger partial charge in [0.05, 0.1) is 24.6 Å². The lowest BCUT2D eigenvalue weighted by atomic mass is 9.75. The zero-order chi connectivity index (χ0) is 27.8. The van der Waals surface area contributed by atoms with Crippen molar-refractivity contribution in [3.05, 3.63) is 35.4 Å². The second-order valence-corrected chi connectivity index (χ2v) is 10.0. The molecule has 7 nitrogen and oxygen atoms in total. The zero-order valence-electron chi connectivity index (χ0n) is 22.4. The van der Waals surface area contributed by atoms with Crippen LogP contribution in [0.25, 0.3) is 0 Å². The Morgan fingerprint density at radius 2 is 1.86 bits per heavy atom. The summed E-state index contributed by atoms with van der Waals surface area (Å²) in [5.74, 6) is -1.64. The topological polar surface area (TPSA) is 87.7 Å². The van der Waals surface area contributed by atoms with Gasteiger partial charge in [-0.2, -0.15) is 13.2 Å². The van der Waals surface area contributed by atoms with Gasteiger partial charge in [0.25, 0.3) is 5.91 Å². The van der Waals surface area contributed by atoms with Crippen LogP contribution in [-0.4, -0.2) is 61.0 Å². The fraction of sp³-hybridized carbons (Fsp3) is 0.667. The minimum atomic E-state index is -4.56. The highest BCUT2D eigenvalue weighted by atomic mass is 19.4. The Hall–Kier alpha value is -2.62. The molecule has 4 atom stereocenters. The molecular formula is C27H40F3N3O4. The summed E-state index contributed by atoms with van der Waals surface area (Å²) in [5, 5.41) is 5.41. The maximum atomic E-state index is 12.9. The first-order valence-electron chi connectivity index (χ1n) is 13.0. The summed E-state index contributed by atoms with van der Waals surface area (Å²) in [6, 6.07) is 4.56. The van der Waals surface area contributed by atoms with Gasteiger partial charge in [0.2, 0.25) is 5.91 Å². The van der Waals surface area contributed by atoms with Crippen molar-refractivity contribution in [2.75, 3.05) is 20.2 Å². The van der Waals surface area contributed by atoms with Crippen LogP contribution in [0.3, 0.4) is 0 Å². The summed E-state index contributed by atoms with van der Waals surface area (Å²) in [6.07, 6.45) is -0.938. The number of alkyl halides is 3. The van der Waals surface area contributed by atoms with E-state index in [9.17, 15) is 27.6 Å². The van der Waals surface area contributed by atoms with Crippen LogP contribution in [0.15, 0.2) is 24.3 Å². The average molecular weight is 528 g/mol. The third-order valence-corrected chi connectivity index (χ3v) is 7.25. The quantitative estimate of drug-likeness (QED) is 0.417. The normalized spacial score (nSPS) is 21.0. The molecule has 0 radical (unpaired) electrons. The second-order valence-electron chi connectivity index (χ2n) is 10.0. The molecule has 0 aliphatic heterocycles. The monoisotopic (exact) mass is 527 g/mol. The first-order chi connectivity index (χ1) is 17.4. The van der Waals surface area contributed by atoms with E-state index >= 15 is 0 Å². The molecule has 10 heteroatoms. The average Bonchev–Trinajstić information content (AvgIpc) is 2.85. The van der Waals surface area contributed by atoms with E-state index in [1.165, 1.54) is 6.07 Å². The molecule has 0 heterocycles. The van der Waals surface area contributed by atoms with E-state index in [1.54, 1.807) is 6.92 Å². The molecule has 1 aromatic rings. The molecule has 208 valence electrons. The molecule has 1 aliphatic rings. The molecule has 0 saturated heterocycles. The molecule has 1 unspecified atom stereocenters. The molecule has 2 N–H and O–H groups in total. The highest BCUT2D eigenvalue weighted by Gasteiger charge is 2.36. The van der Waals surface area contributed by atoms with Gasteiger partial charge in [0, 0.05) is 23.7 Å². The van der Waals surface area contributed by atoms with Crippen LogP contribution in [0, 0.1) is 11.8 Å². The summed E-state index contributed by atoms with van der Waals surface area (Å²) in [4.78, 5) is 39.9. The van der Waals surface area contributed by atoms with E-state index in [2.05, 4.69) is 36.4 Å². The lowest BCUT2D eigenvalue weighted by molar-refractivity contribution is -0.149. The van der Waals surface area contributed by atoms with E-state index < -0.39 is 23.6 Å². The Labute approximate surface area is 217 Å². The summed E-state index contributed by atoms with van der Waals surface area (Å²) >= 11 is 0. The summed E-state index contributed by atoms with van der Waals surface area (Å²) in [7, 11) is 2.08. The zero-order valence-corrected chi connectivity index (χ0v) is 22.4. The lowest BCUT2D eigenvalue weighted by Gasteiger charge is -2.42. The molecule has 1 fully saturated rings. The van der Waals surface area contributed by atoms with Gasteiger partial charge in [0.15, 0.2) is 0 Å². The van der Waals surface area contributed by atoms with Crippen molar-refractivity contribution in [2.24, 2.45) is 11.8 Å². The number of rotatable bonds is 11. The Balaban J connectivity index is 2.05. The van der Waals surface area contributed by atoms with Gasteiger partial charge in [-0.1, -0.05) is 13.0 Å². The number of esters is 1. The standard InChI is InChI=1S/C27H40F3N3O4/c1-6-18(26(36)37-7-2)13-20-15-22(33(5)17(3)4)11-12-23(20)32-24(34)16-31-25(35)19-9-8-10-21(14-19)27(28,29)30/h8-10,14,17-18,20,22-23H,6-7,11-13,15-16H2,1-5H3,(H,31,35)(H,32,34)/t18?,20-,22-,23+/m1/s1. The first kappa shape index (κ1) is 30.6. The lowest BCUT2D eigenvalue weighted by Crippen LogP contribution is -2.51. The summed E-state index contributed by atoms with van der Waals surface area (Å²) in [6.45, 7) is 7.93. The van der Waals surface area contributed by atoms with Crippen molar-refractivity contribution < 1.29 is 32.3 Å². The van der Waals surface area contributed by atoms with Gasteiger partial charge in [-0.05, 0) is 84.0 Å². The molecule has 0 spiro atoms. The largest absolute Gasteiger partial charge is 0.466 e. The number of ether oxygens (including phenoxy) is 1. The predicted octanol–water partition coefficient (Wildman–Crippen LogP) is 4.41. The van der Waals surface area contributed by atoms with Crippen molar-refractivity contribution in [1.29, 1.82) is 0 Å². The number of carbonyl (C=O) groups excluding carboxylic acids is 3. The minimum absolute atomic E-state index is 0.0393. The summed E-state index contributed by atoms with van der Waals surface area (Å²) in [5.41, 5.74) is -1.10. The highest BCUT2D eigenvalue weighted by molar-refractivity contribution is 5.96. The SMILES string of the molecule is CCOC(=O)C(CC)C[C@@H]1C[C@H](N(C)C(C)C)CC[C@@H]1NC(=O)CNC(=O)c1cccc(C(F)(F)F)c1.